The van der Waals surface area contributed by atoms with Crippen LogP contribution in [0.1, 0.15) is 24.7 Å². The number of benzene rings is 1. The van der Waals surface area contributed by atoms with E-state index >= 15 is 0 Å². The molecule has 0 radical (unpaired) electrons. The molecule has 0 fully saturated rings. The van der Waals surface area contributed by atoms with Gasteiger partial charge in [-0.3, -0.25) is 4.79 Å². The fourth-order valence-electron chi connectivity index (χ4n) is 2.30. The van der Waals surface area contributed by atoms with Gasteiger partial charge in [-0.2, -0.15) is 0 Å². The third-order valence-electron chi connectivity index (χ3n) is 3.59. The molecule has 0 aliphatic rings. The number of amides is 1. The van der Waals surface area contributed by atoms with Crippen molar-refractivity contribution >= 4 is 17.4 Å². The number of para-hydroxylation sites is 1. The molecule has 0 spiro atoms. The van der Waals surface area contributed by atoms with Gasteiger partial charge in [0.2, 0.25) is 11.7 Å². The summed E-state index contributed by atoms with van der Waals surface area (Å²) < 4.78 is 1.61. The minimum absolute atomic E-state index is 0.144. The molecule has 0 aliphatic heterocycles. The quantitative estimate of drug-likeness (QED) is 0.570. The van der Waals surface area contributed by atoms with Crippen LogP contribution < -0.4 is 10.6 Å². The second-order valence-electron chi connectivity index (χ2n) is 5.33. The molecule has 0 saturated heterocycles. The zero-order valence-corrected chi connectivity index (χ0v) is 13.8. The van der Waals surface area contributed by atoms with Crippen molar-refractivity contribution < 1.29 is 9.72 Å². The van der Waals surface area contributed by atoms with Gasteiger partial charge >= 0.3 is 5.82 Å². The highest BCUT2D eigenvalue weighted by atomic mass is 16.6. The summed E-state index contributed by atoms with van der Waals surface area (Å²) in [5.74, 6) is 0.167. The van der Waals surface area contributed by atoms with E-state index in [0.29, 0.717) is 18.9 Å². The molecule has 0 aliphatic carbocycles. The standard InChI is InChI=1S/C16H21N5O3/c1-3-17-10-13-6-4-5-7-14(13)19-16(22)8-9-20-11-15(21(23)24)18-12(20)2/h4-7,11,17H,3,8-10H2,1-2H3,(H,19,22). The Balaban J connectivity index is 1.95. The topological polar surface area (TPSA) is 102 Å². The average molecular weight is 331 g/mol. The number of imidazole rings is 1. The van der Waals surface area contributed by atoms with Crippen molar-refractivity contribution in [2.24, 2.45) is 0 Å². The second kappa shape index (κ2) is 8.21. The Kier molecular flexibility index (Phi) is 6.02. The van der Waals surface area contributed by atoms with Crippen molar-refractivity contribution in [2.45, 2.75) is 33.4 Å². The van der Waals surface area contributed by atoms with E-state index in [1.165, 1.54) is 6.20 Å². The normalized spacial score (nSPS) is 10.6. The number of nitro groups is 1. The molecule has 24 heavy (non-hydrogen) atoms. The van der Waals surface area contributed by atoms with Crippen molar-refractivity contribution in [3.05, 3.63) is 52.0 Å². The molecule has 8 heteroatoms. The van der Waals surface area contributed by atoms with Gasteiger partial charge in [0.05, 0.1) is 0 Å². The van der Waals surface area contributed by atoms with E-state index in [1.807, 2.05) is 31.2 Å². The lowest BCUT2D eigenvalue weighted by atomic mass is 10.1. The number of aromatic nitrogens is 2. The highest BCUT2D eigenvalue weighted by molar-refractivity contribution is 5.91. The van der Waals surface area contributed by atoms with E-state index in [1.54, 1.807) is 11.5 Å². The van der Waals surface area contributed by atoms with Crippen LogP contribution in [0.25, 0.3) is 0 Å². The summed E-state index contributed by atoms with van der Waals surface area (Å²) in [5.41, 5.74) is 1.79. The van der Waals surface area contributed by atoms with Gasteiger partial charge in [0.15, 0.2) is 0 Å². The molecule has 0 bridgehead atoms. The Morgan fingerprint density at radius 3 is 2.79 bits per heavy atom. The Labute approximate surface area is 140 Å². The lowest BCUT2D eigenvalue weighted by molar-refractivity contribution is -0.389. The van der Waals surface area contributed by atoms with Crippen molar-refractivity contribution in [1.29, 1.82) is 0 Å². The van der Waals surface area contributed by atoms with Gasteiger partial charge in [-0.05, 0) is 28.1 Å². The van der Waals surface area contributed by atoms with Gasteiger partial charge in [0.25, 0.3) is 0 Å². The molecule has 0 unspecified atom stereocenters. The SMILES string of the molecule is CCNCc1ccccc1NC(=O)CCn1cc([N+](=O)[O-])nc1C. The van der Waals surface area contributed by atoms with E-state index in [0.717, 1.165) is 17.8 Å². The largest absolute Gasteiger partial charge is 0.381 e. The van der Waals surface area contributed by atoms with Gasteiger partial charge in [0, 0.05) is 32.1 Å². The second-order valence-corrected chi connectivity index (χ2v) is 5.33. The molecular formula is C16H21N5O3. The lowest BCUT2D eigenvalue weighted by Gasteiger charge is -2.11. The maximum Gasteiger partial charge on any atom is 0.381 e. The molecule has 1 heterocycles. The van der Waals surface area contributed by atoms with Gasteiger partial charge in [-0.15, -0.1) is 0 Å². The summed E-state index contributed by atoms with van der Waals surface area (Å²) in [5, 5.41) is 16.8. The molecule has 1 aromatic heterocycles. The fourth-order valence-corrected chi connectivity index (χ4v) is 2.30. The van der Waals surface area contributed by atoms with Crippen molar-refractivity contribution in [3.8, 4) is 0 Å². The number of rotatable bonds is 8. The number of anilines is 1. The molecule has 8 nitrogen and oxygen atoms in total. The number of aryl methyl sites for hydroxylation is 2. The highest BCUT2D eigenvalue weighted by Crippen LogP contribution is 2.16. The molecule has 1 aromatic carbocycles. The van der Waals surface area contributed by atoms with Crippen LogP contribution in [-0.2, 0) is 17.9 Å². The highest BCUT2D eigenvalue weighted by Gasteiger charge is 2.15. The molecule has 1 amide bonds. The third kappa shape index (κ3) is 4.63. The Morgan fingerprint density at radius 2 is 2.12 bits per heavy atom. The minimum Gasteiger partial charge on any atom is -0.358 e. The van der Waals surface area contributed by atoms with E-state index in [-0.39, 0.29) is 18.1 Å². The Bertz CT molecular complexity index is 726. The smallest absolute Gasteiger partial charge is 0.358 e. The van der Waals surface area contributed by atoms with E-state index in [4.69, 9.17) is 0 Å². The molecule has 128 valence electrons. The third-order valence-corrected chi connectivity index (χ3v) is 3.59. The van der Waals surface area contributed by atoms with Gasteiger partial charge in [-0.1, -0.05) is 25.1 Å². The zero-order valence-electron chi connectivity index (χ0n) is 13.8. The molecule has 2 rings (SSSR count). The maximum absolute atomic E-state index is 12.2. The first-order valence-electron chi connectivity index (χ1n) is 7.78. The van der Waals surface area contributed by atoms with E-state index < -0.39 is 4.92 Å². The first-order chi connectivity index (χ1) is 11.5. The molecular weight excluding hydrogens is 310 g/mol. The molecule has 0 saturated carbocycles. The number of hydrogen-bond donors (Lipinski definition) is 2. The summed E-state index contributed by atoms with van der Waals surface area (Å²) in [4.78, 5) is 26.2. The predicted octanol–water partition coefficient (Wildman–Crippen LogP) is 2.24. The van der Waals surface area contributed by atoms with Crippen LogP contribution >= 0.6 is 0 Å². The van der Waals surface area contributed by atoms with E-state index in [9.17, 15) is 14.9 Å². The van der Waals surface area contributed by atoms with Crippen molar-refractivity contribution in [2.75, 3.05) is 11.9 Å². The lowest BCUT2D eigenvalue weighted by Crippen LogP contribution is -2.18. The Hall–Kier alpha value is -2.74. The first kappa shape index (κ1) is 17.6. The Morgan fingerprint density at radius 1 is 1.38 bits per heavy atom. The van der Waals surface area contributed by atoms with Crippen LogP contribution in [0, 0.1) is 17.0 Å². The van der Waals surface area contributed by atoms with E-state index in [2.05, 4.69) is 15.6 Å². The van der Waals surface area contributed by atoms with Crippen LogP contribution in [0.4, 0.5) is 11.5 Å². The molecule has 2 aromatic rings. The fraction of sp³-hybridized carbons (Fsp3) is 0.375. The summed E-state index contributed by atoms with van der Waals surface area (Å²) in [6.07, 6.45) is 1.56. The van der Waals surface area contributed by atoms with Crippen LogP contribution in [-0.4, -0.2) is 26.9 Å². The summed E-state index contributed by atoms with van der Waals surface area (Å²) >= 11 is 0. The zero-order chi connectivity index (χ0) is 17.5. The number of carbonyl (C=O) groups excluding carboxylic acids is 1. The van der Waals surface area contributed by atoms with Crippen LogP contribution in [0.15, 0.2) is 30.5 Å². The first-order valence-corrected chi connectivity index (χ1v) is 7.78. The minimum atomic E-state index is -0.541. The number of carbonyl (C=O) groups is 1. The summed E-state index contributed by atoms with van der Waals surface area (Å²) in [7, 11) is 0. The number of hydrogen-bond acceptors (Lipinski definition) is 5. The maximum atomic E-state index is 12.2. The summed E-state index contributed by atoms with van der Waals surface area (Å²) in [6.45, 7) is 5.57. The van der Waals surface area contributed by atoms with Crippen LogP contribution in [0.3, 0.4) is 0 Å². The van der Waals surface area contributed by atoms with Gasteiger partial charge in [0.1, 0.15) is 6.20 Å². The average Bonchev–Trinajstić information content (AvgIpc) is 2.93. The monoisotopic (exact) mass is 331 g/mol. The van der Waals surface area contributed by atoms with Gasteiger partial charge in [-0.25, -0.2) is 0 Å². The van der Waals surface area contributed by atoms with Crippen molar-refractivity contribution in [1.82, 2.24) is 14.9 Å². The van der Waals surface area contributed by atoms with Crippen molar-refractivity contribution in [3.63, 3.8) is 0 Å². The summed E-state index contributed by atoms with van der Waals surface area (Å²) in [6, 6.07) is 7.62. The number of nitrogens with one attached hydrogen (secondary N) is 2. The molecule has 2 N–H and O–H groups in total. The predicted molar refractivity (Wildman–Crippen MR) is 90.7 cm³/mol. The van der Waals surface area contributed by atoms with Crippen LogP contribution in [0.5, 0.6) is 0 Å². The molecule has 0 atom stereocenters. The van der Waals surface area contributed by atoms with Gasteiger partial charge < -0.3 is 25.3 Å². The number of nitrogens with zero attached hydrogens (tertiary/aromatic N) is 3. The van der Waals surface area contributed by atoms with Crippen LogP contribution in [0.2, 0.25) is 0 Å².